The molecule has 0 spiro atoms. The fourth-order valence-corrected chi connectivity index (χ4v) is 2.56. The summed E-state index contributed by atoms with van der Waals surface area (Å²) < 4.78 is 8.99. The Hall–Kier alpha value is -1.59. The molecule has 0 aliphatic rings. The molecule has 0 saturated heterocycles. The average Bonchev–Trinajstić information content (AvgIpc) is 2.71. The number of carbonyl (C=O) groups is 1. The molecule has 0 fully saturated rings. The Morgan fingerprint density at radius 1 is 1.41 bits per heavy atom. The van der Waals surface area contributed by atoms with Crippen LogP contribution in [0.3, 0.4) is 0 Å². The quantitative estimate of drug-likeness (QED) is 0.930. The van der Waals surface area contributed by atoms with Crippen molar-refractivity contribution >= 4 is 29.0 Å². The summed E-state index contributed by atoms with van der Waals surface area (Å²) in [6.07, 6.45) is 0. The van der Waals surface area contributed by atoms with Crippen LogP contribution in [0.5, 0.6) is 5.75 Å². The highest BCUT2D eigenvalue weighted by molar-refractivity contribution is 7.10. The van der Waals surface area contributed by atoms with Crippen LogP contribution < -0.4 is 10.5 Å². The van der Waals surface area contributed by atoms with E-state index in [0.29, 0.717) is 4.88 Å². The van der Waals surface area contributed by atoms with Gasteiger partial charge in [0.2, 0.25) is 0 Å². The summed E-state index contributed by atoms with van der Waals surface area (Å²) >= 11 is 6.97. The Kier molecular flexibility index (Phi) is 3.31. The second kappa shape index (κ2) is 4.73. The van der Waals surface area contributed by atoms with Crippen LogP contribution >= 0.6 is 23.1 Å². The minimum Gasteiger partial charge on any atom is -0.497 e. The third-order valence-corrected chi connectivity index (χ3v) is 3.52. The lowest BCUT2D eigenvalue weighted by Gasteiger charge is -2.02. The summed E-state index contributed by atoms with van der Waals surface area (Å²) in [5.41, 5.74) is 6.37. The fourth-order valence-electron chi connectivity index (χ4n) is 1.42. The zero-order valence-corrected chi connectivity index (χ0v) is 10.5. The zero-order valence-electron chi connectivity index (χ0n) is 8.94. The van der Waals surface area contributed by atoms with E-state index in [1.54, 1.807) is 19.2 Å². The first-order valence-electron chi connectivity index (χ1n) is 4.73. The third-order valence-electron chi connectivity index (χ3n) is 2.25. The number of rotatable bonds is 3. The number of primary amides is 1. The molecule has 0 radical (unpaired) electrons. The molecular formula is C11H9ClN2O2S. The Morgan fingerprint density at radius 3 is 2.59 bits per heavy atom. The van der Waals surface area contributed by atoms with E-state index in [1.165, 1.54) is 0 Å². The van der Waals surface area contributed by atoms with Gasteiger partial charge in [0.05, 0.1) is 17.6 Å². The molecular weight excluding hydrogens is 260 g/mol. The van der Waals surface area contributed by atoms with Crippen LogP contribution in [0.1, 0.15) is 10.4 Å². The van der Waals surface area contributed by atoms with E-state index < -0.39 is 5.91 Å². The number of hydrogen-bond donors (Lipinski definition) is 1. The van der Waals surface area contributed by atoms with E-state index in [0.717, 1.165) is 22.8 Å². The molecule has 1 heterocycles. The molecule has 0 saturated carbocycles. The van der Waals surface area contributed by atoms with Gasteiger partial charge in [-0.25, -0.2) is 0 Å². The van der Waals surface area contributed by atoms with Crippen molar-refractivity contribution < 1.29 is 9.53 Å². The lowest BCUT2D eigenvalue weighted by molar-refractivity contribution is 0.100. The lowest BCUT2D eigenvalue weighted by Crippen LogP contribution is -2.11. The molecule has 1 aromatic carbocycles. The predicted molar refractivity (Wildman–Crippen MR) is 67.6 cm³/mol. The summed E-state index contributed by atoms with van der Waals surface area (Å²) in [4.78, 5) is 12.0. The lowest BCUT2D eigenvalue weighted by atomic mass is 10.1. The maximum absolute atomic E-state index is 11.3. The fraction of sp³-hybridized carbons (Fsp3) is 0.0909. The van der Waals surface area contributed by atoms with Crippen molar-refractivity contribution in [2.45, 2.75) is 0 Å². The van der Waals surface area contributed by atoms with Crippen LogP contribution in [-0.2, 0) is 0 Å². The molecule has 1 aromatic heterocycles. The minimum atomic E-state index is -0.574. The molecule has 2 aromatic rings. The van der Waals surface area contributed by atoms with Gasteiger partial charge in [0.25, 0.3) is 5.91 Å². The number of ether oxygens (including phenoxy) is 1. The molecule has 0 unspecified atom stereocenters. The summed E-state index contributed by atoms with van der Waals surface area (Å²) in [6, 6.07) is 7.26. The van der Waals surface area contributed by atoms with Gasteiger partial charge >= 0.3 is 0 Å². The smallest absolute Gasteiger partial charge is 0.253 e. The van der Waals surface area contributed by atoms with Crippen molar-refractivity contribution in [1.29, 1.82) is 0 Å². The molecule has 6 heteroatoms. The second-order valence-electron chi connectivity index (χ2n) is 3.27. The van der Waals surface area contributed by atoms with E-state index in [1.807, 2.05) is 12.1 Å². The van der Waals surface area contributed by atoms with Gasteiger partial charge in [0.1, 0.15) is 5.75 Å². The number of methoxy groups -OCH3 is 1. The summed E-state index contributed by atoms with van der Waals surface area (Å²) in [6.45, 7) is 0. The van der Waals surface area contributed by atoms with Crippen molar-refractivity contribution in [2.75, 3.05) is 7.11 Å². The molecule has 2 rings (SSSR count). The maximum atomic E-state index is 11.3. The number of amides is 1. The normalized spacial score (nSPS) is 10.2. The van der Waals surface area contributed by atoms with Crippen LogP contribution in [0, 0.1) is 0 Å². The molecule has 0 atom stereocenters. The van der Waals surface area contributed by atoms with Crippen molar-refractivity contribution in [3.8, 4) is 16.2 Å². The van der Waals surface area contributed by atoms with Gasteiger partial charge in [0, 0.05) is 0 Å². The first-order valence-corrected chi connectivity index (χ1v) is 5.88. The predicted octanol–water partition coefficient (Wildman–Crippen LogP) is 2.57. The van der Waals surface area contributed by atoms with Crippen molar-refractivity contribution in [3.05, 3.63) is 35.0 Å². The number of benzene rings is 1. The Bertz CT molecular complexity index is 551. The third kappa shape index (κ3) is 2.25. The summed E-state index contributed by atoms with van der Waals surface area (Å²) in [5.74, 6) is 0.166. The molecule has 1 amide bonds. The number of carbonyl (C=O) groups excluding carboxylic acids is 1. The number of hydrogen-bond acceptors (Lipinski definition) is 4. The zero-order chi connectivity index (χ0) is 12.4. The summed E-state index contributed by atoms with van der Waals surface area (Å²) in [5, 5.41) is 0.147. The van der Waals surface area contributed by atoms with E-state index in [9.17, 15) is 4.79 Å². The second-order valence-corrected chi connectivity index (χ2v) is 4.40. The van der Waals surface area contributed by atoms with Gasteiger partial charge in [0.15, 0.2) is 5.15 Å². The Balaban J connectivity index is 2.49. The highest BCUT2D eigenvalue weighted by Crippen LogP contribution is 2.33. The Labute approximate surface area is 107 Å². The highest BCUT2D eigenvalue weighted by atomic mass is 35.5. The van der Waals surface area contributed by atoms with Gasteiger partial charge in [-0.05, 0) is 41.4 Å². The van der Waals surface area contributed by atoms with Crippen LogP contribution in [0.4, 0.5) is 0 Å². The molecule has 17 heavy (non-hydrogen) atoms. The maximum Gasteiger partial charge on any atom is 0.253 e. The topological polar surface area (TPSA) is 65.2 Å². The molecule has 4 nitrogen and oxygen atoms in total. The van der Waals surface area contributed by atoms with E-state index in [-0.39, 0.29) is 10.7 Å². The van der Waals surface area contributed by atoms with Crippen LogP contribution in [0.15, 0.2) is 24.3 Å². The van der Waals surface area contributed by atoms with Crippen LogP contribution in [-0.4, -0.2) is 17.4 Å². The monoisotopic (exact) mass is 268 g/mol. The van der Waals surface area contributed by atoms with E-state index in [2.05, 4.69) is 4.37 Å². The molecule has 0 aliphatic carbocycles. The Morgan fingerprint density at radius 2 is 2.06 bits per heavy atom. The van der Waals surface area contributed by atoms with E-state index >= 15 is 0 Å². The van der Waals surface area contributed by atoms with Gasteiger partial charge in [-0.15, -0.1) is 0 Å². The largest absolute Gasteiger partial charge is 0.497 e. The number of aromatic nitrogens is 1. The SMILES string of the molecule is COc1ccc(-c2snc(Cl)c2C(N)=O)cc1. The number of nitrogens with zero attached hydrogens (tertiary/aromatic N) is 1. The summed E-state index contributed by atoms with van der Waals surface area (Å²) in [7, 11) is 1.59. The molecule has 88 valence electrons. The first-order chi connectivity index (χ1) is 8.13. The minimum absolute atomic E-state index is 0.147. The van der Waals surface area contributed by atoms with E-state index in [4.69, 9.17) is 22.1 Å². The molecule has 0 aliphatic heterocycles. The van der Waals surface area contributed by atoms with Gasteiger partial charge < -0.3 is 10.5 Å². The molecule has 0 bridgehead atoms. The van der Waals surface area contributed by atoms with Crippen molar-refractivity contribution in [3.63, 3.8) is 0 Å². The number of nitrogens with two attached hydrogens (primary N) is 1. The van der Waals surface area contributed by atoms with Crippen molar-refractivity contribution in [1.82, 2.24) is 4.37 Å². The van der Waals surface area contributed by atoms with Crippen molar-refractivity contribution in [2.24, 2.45) is 5.73 Å². The average molecular weight is 269 g/mol. The standard InChI is InChI=1S/C11H9ClN2O2S/c1-16-7-4-2-6(3-5-7)9-8(11(13)15)10(12)14-17-9/h2-5H,1H3,(H2,13,15). The van der Waals surface area contributed by atoms with Gasteiger partial charge in [-0.1, -0.05) is 11.6 Å². The van der Waals surface area contributed by atoms with Gasteiger partial charge in [-0.3, -0.25) is 4.79 Å². The first kappa shape index (κ1) is 11.9. The number of halogens is 1. The molecule has 2 N–H and O–H groups in total. The van der Waals surface area contributed by atoms with Crippen LogP contribution in [0.2, 0.25) is 5.15 Å². The highest BCUT2D eigenvalue weighted by Gasteiger charge is 2.18. The van der Waals surface area contributed by atoms with Crippen LogP contribution in [0.25, 0.3) is 10.4 Å². The van der Waals surface area contributed by atoms with Gasteiger partial charge in [-0.2, -0.15) is 4.37 Å².